The number of aromatic hydroxyl groups is 1. The number of benzene rings is 1. The topological polar surface area (TPSA) is 77.2 Å². The molecule has 33 heavy (non-hydrogen) atoms. The Kier molecular flexibility index (Phi) is 5.46. The molecule has 6 nitrogen and oxygen atoms in total. The van der Waals surface area contributed by atoms with Crippen LogP contribution >= 0.6 is 0 Å². The van der Waals surface area contributed by atoms with Gasteiger partial charge in [-0.2, -0.15) is 0 Å². The van der Waals surface area contributed by atoms with Crippen LogP contribution in [0.1, 0.15) is 42.4 Å². The Morgan fingerprint density at radius 2 is 2.21 bits per heavy atom. The second kappa shape index (κ2) is 8.19. The van der Waals surface area contributed by atoms with Crippen LogP contribution < -0.4 is 0 Å². The quantitative estimate of drug-likeness (QED) is 0.541. The SMILES string of the molecule is C=CCN1CC[C@]23C[C@@H](N(C)C(=O)/C=C/c4ccoc4)CC[C@]2(O)[C@H]1Cc1ccc(O)cc13. The van der Waals surface area contributed by atoms with Crippen molar-refractivity contribution < 1.29 is 19.4 Å². The molecule has 2 heterocycles. The summed E-state index contributed by atoms with van der Waals surface area (Å²) in [5, 5.41) is 22.6. The van der Waals surface area contributed by atoms with Crippen molar-refractivity contribution in [3.05, 3.63) is 72.2 Å². The van der Waals surface area contributed by atoms with Gasteiger partial charge < -0.3 is 19.5 Å². The fourth-order valence-electron chi connectivity index (χ4n) is 6.63. The Labute approximate surface area is 194 Å². The number of hydrogen-bond donors (Lipinski definition) is 2. The molecule has 1 saturated heterocycles. The van der Waals surface area contributed by atoms with Crippen LogP contribution in [0.25, 0.3) is 6.08 Å². The van der Waals surface area contributed by atoms with Gasteiger partial charge in [0.25, 0.3) is 0 Å². The molecule has 0 unspecified atom stereocenters. The van der Waals surface area contributed by atoms with Crippen LogP contribution in [0.4, 0.5) is 0 Å². The van der Waals surface area contributed by atoms with Crippen LogP contribution in [0.15, 0.2) is 59.9 Å². The van der Waals surface area contributed by atoms with E-state index < -0.39 is 11.0 Å². The molecule has 2 aromatic rings. The van der Waals surface area contributed by atoms with E-state index in [1.807, 2.05) is 36.2 Å². The molecule has 0 radical (unpaired) electrons. The smallest absolute Gasteiger partial charge is 0.246 e. The minimum Gasteiger partial charge on any atom is -0.508 e. The van der Waals surface area contributed by atoms with Crippen LogP contribution in [0, 0.1) is 0 Å². The highest BCUT2D eigenvalue weighted by molar-refractivity contribution is 5.91. The molecule has 1 saturated carbocycles. The third-order valence-electron chi connectivity index (χ3n) is 8.33. The van der Waals surface area contributed by atoms with Crippen molar-refractivity contribution in [1.82, 2.24) is 9.80 Å². The van der Waals surface area contributed by atoms with Gasteiger partial charge in [0.15, 0.2) is 0 Å². The first-order valence-corrected chi connectivity index (χ1v) is 11.7. The zero-order chi connectivity index (χ0) is 23.2. The molecule has 174 valence electrons. The van der Waals surface area contributed by atoms with Gasteiger partial charge in [-0.1, -0.05) is 12.1 Å². The number of amides is 1. The summed E-state index contributed by atoms with van der Waals surface area (Å²) in [5.41, 5.74) is 1.70. The molecule has 2 N–H and O–H groups in total. The van der Waals surface area contributed by atoms with Crippen LogP contribution in [-0.2, 0) is 16.6 Å². The number of fused-ring (bicyclic) bond motifs is 1. The average molecular weight is 449 g/mol. The normalized spacial score (nSPS) is 31.1. The van der Waals surface area contributed by atoms with Gasteiger partial charge in [-0.25, -0.2) is 0 Å². The molecule has 5 rings (SSSR count). The lowest BCUT2D eigenvalue weighted by Gasteiger charge is -2.65. The zero-order valence-electron chi connectivity index (χ0n) is 19.1. The summed E-state index contributed by atoms with van der Waals surface area (Å²) in [7, 11) is 1.85. The molecular weight excluding hydrogens is 416 g/mol. The second-order valence-corrected chi connectivity index (χ2v) is 9.84. The van der Waals surface area contributed by atoms with E-state index in [2.05, 4.69) is 11.5 Å². The number of likely N-dealkylation sites (N-methyl/N-ethyl adjacent to an activating group) is 1. The molecule has 1 aromatic carbocycles. The molecule has 1 amide bonds. The monoisotopic (exact) mass is 448 g/mol. The van der Waals surface area contributed by atoms with Gasteiger partial charge in [0, 0.05) is 42.7 Å². The van der Waals surface area contributed by atoms with Crippen molar-refractivity contribution in [2.75, 3.05) is 20.1 Å². The number of likely N-dealkylation sites (tertiary alicyclic amines) is 1. The van der Waals surface area contributed by atoms with Gasteiger partial charge in [-0.05, 0) is 74.1 Å². The summed E-state index contributed by atoms with van der Waals surface area (Å²) < 4.78 is 5.07. The summed E-state index contributed by atoms with van der Waals surface area (Å²) in [4.78, 5) is 17.1. The standard InChI is InChI=1S/C27H32N2O4/c1-3-12-29-13-11-26-17-21(28(2)25(31)7-4-19-9-14-33-18-19)8-10-27(26,32)24(29)15-20-5-6-22(30)16-23(20)26/h3-7,9,14,16,18,21,24,30,32H,1,8,10-13,15,17H2,2H3/b7-4+/t21-,24+,26+,27-/m0/s1. The molecule has 2 aliphatic carbocycles. The molecule has 4 atom stereocenters. The lowest BCUT2D eigenvalue weighted by molar-refractivity contribution is -0.175. The largest absolute Gasteiger partial charge is 0.508 e. The molecule has 2 fully saturated rings. The lowest BCUT2D eigenvalue weighted by Crippen LogP contribution is -2.74. The fraction of sp³-hybridized carbons (Fsp3) is 0.444. The Morgan fingerprint density at radius 3 is 2.97 bits per heavy atom. The highest BCUT2D eigenvalue weighted by Gasteiger charge is 2.64. The van der Waals surface area contributed by atoms with E-state index in [-0.39, 0.29) is 23.7 Å². The van der Waals surface area contributed by atoms with Gasteiger partial charge in [0.1, 0.15) is 5.75 Å². The number of rotatable bonds is 5. The van der Waals surface area contributed by atoms with Crippen molar-refractivity contribution in [2.45, 2.75) is 55.2 Å². The van der Waals surface area contributed by atoms with Crippen LogP contribution in [0.3, 0.4) is 0 Å². The van der Waals surface area contributed by atoms with Crippen molar-refractivity contribution in [2.24, 2.45) is 0 Å². The molecule has 0 spiro atoms. The van der Waals surface area contributed by atoms with Crippen LogP contribution in [-0.4, -0.2) is 63.7 Å². The van der Waals surface area contributed by atoms with Gasteiger partial charge in [0.05, 0.1) is 18.1 Å². The third-order valence-corrected chi connectivity index (χ3v) is 8.33. The van der Waals surface area contributed by atoms with Gasteiger partial charge in [0.2, 0.25) is 5.91 Å². The first kappa shape index (κ1) is 22.0. The van der Waals surface area contributed by atoms with Crippen molar-refractivity contribution in [3.63, 3.8) is 0 Å². The van der Waals surface area contributed by atoms with Crippen molar-refractivity contribution in [1.29, 1.82) is 0 Å². The molecule has 1 aromatic heterocycles. The third kappa shape index (κ3) is 3.44. The van der Waals surface area contributed by atoms with Crippen LogP contribution in [0.5, 0.6) is 5.75 Å². The summed E-state index contributed by atoms with van der Waals surface area (Å²) in [6.07, 6.45) is 12.0. The molecule has 2 bridgehead atoms. The number of hydrogen-bond acceptors (Lipinski definition) is 5. The average Bonchev–Trinajstić information content (AvgIpc) is 3.33. The van der Waals surface area contributed by atoms with E-state index >= 15 is 0 Å². The Bertz CT molecular complexity index is 1080. The van der Waals surface area contributed by atoms with Crippen molar-refractivity contribution in [3.8, 4) is 5.75 Å². The minimum atomic E-state index is -0.901. The number of phenols is 1. The maximum Gasteiger partial charge on any atom is 0.246 e. The van der Waals surface area contributed by atoms with E-state index in [4.69, 9.17) is 4.42 Å². The van der Waals surface area contributed by atoms with Gasteiger partial charge in [-0.3, -0.25) is 9.69 Å². The summed E-state index contributed by atoms with van der Waals surface area (Å²) >= 11 is 0. The fourth-order valence-corrected chi connectivity index (χ4v) is 6.63. The van der Waals surface area contributed by atoms with E-state index in [0.717, 1.165) is 43.5 Å². The maximum atomic E-state index is 13.0. The Hall–Kier alpha value is -2.83. The van der Waals surface area contributed by atoms with E-state index in [9.17, 15) is 15.0 Å². The lowest BCUT2D eigenvalue weighted by atomic mass is 9.48. The van der Waals surface area contributed by atoms with Gasteiger partial charge in [-0.15, -0.1) is 6.58 Å². The predicted octanol–water partition coefficient (Wildman–Crippen LogP) is 3.49. The first-order valence-electron chi connectivity index (χ1n) is 11.7. The number of carbonyl (C=O) groups excluding carboxylic acids is 1. The summed E-state index contributed by atoms with van der Waals surface area (Å²) in [5.74, 6) is 0.169. The highest BCUT2D eigenvalue weighted by atomic mass is 16.3. The minimum absolute atomic E-state index is 0.00392. The van der Waals surface area contributed by atoms with Crippen LogP contribution in [0.2, 0.25) is 0 Å². The van der Waals surface area contributed by atoms with Crippen molar-refractivity contribution >= 4 is 12.0 Å². The highest BCUT2D eigenvalue weighted by Crippen LogP contribution is 2.59. The number of nitrogens with zero attached hydrogens (tertiary/aromatic N) is 2. The molecule has 1 aliphatic heterocycles. The second-order valence-electron chi connectivity index (χ2n) is 9.84. The Morgan fingerprint density at radius 1 is 1.36 bits per heavy atom. The molecular formula is C27H32N2O4. The number of piperidine rings is 1. The first-order chi connectivity index (χ1) is 15.9. The maximum absolute atomic E-state index is 13.0. The Balaban J connectivity index is 1.48. The van der Waals surface area contributed by atoms with E-state index in [1.54, 1.807) is 30.7 Å². The summed E-state index contributed by atoms with van der Waals surface area (Å²) in [6, 6.07) is 7.41. The molecule has 6 heteroatoms. The zero-order valence-corrected chi connectivity index (χ0v) is 19.1. The number of phenolic OH excluding ortho intramolecular Hbond substituents is 1. The van der Waals surface area contributed by atoms with E-state index in [0.29, 0.717) is 12.8 Å². The molecule has 3 aliphatic rings. The predicted molar refractivity (Wildman–Crippen MR) is 127 cm³/mol. The number of aliphatic hydroxyl groups is 1. The van der Waals surface area contributed by atoms with Gasteiger partial charge >= 0.3 is 0 Å². The number of furan rings is 1. The summed E-state index contributed by atoms with van der Waals surface area (Å²) in [6.45, 7) is 5.53. The van der Waals surface area contributed by atoms with E-state index in [1.165, 1.54) is 5.56 Å². The number of carbonyl (C=O) groups is 1.